The molecule has 0 saturated heterocycles. The summed E-state index contributed by atoms with van der Waals surface area (Å²) in [6, 6.07) is 0. The third-order valence-corrected chi connectivity index (χ3v) is 4.20. The van der Waals surface area contributed by atoms with Crippen LogP contribution >= 0.6 is 0 Å². The molecule has 0 amide bonds. The van der Waals surface area contributed by atoms with Gasteiger partial charge in [0.25, 0.3) is 0 Å². The molecule has 1 aliphatic carbocycles. The Morgan fingerprint density at radius 1 is 1.19 bits per heavy atom. The van der Waals surface area contributed by atoms with Crippen molar-refractivity contribution >= 4 is 5.97 Å². The minimum Gasteiger partial charge on any atom is -0.469 e. The molecule has 1 N–H and O–H groups in total. The zero-order chi connectivity index (χ0) is 12.6. The van der Waals surface area contributed by atoms with Crippen molar-refractivity contribution in [3.05, 3.63) is 0 Å². The number of rotatable bonds is 2. The lowest BCUT2D eigenvalue weighted by Crippen LogP contribution is -2.52. The summed E-state index contributed by atoms with van der Waals surface area (Å²) in [5, 5.41) is 10.3. The Hall–Kier alpha value is -0.570. The third kappa shape index (κ3) is 2.24. The number of aliphatic hydroxyl groups is 1. The quantitative estimate of drug-likeness (QED) is 0.739. The van der Waals surface area contributed by atoms with Crippen molar-refractivity contribution in [3.8, 4) is 0 Å². The summed E-state index contributed by atoms with van der Waals surface area (Å²) in [6.45, 7) is 7.83. The van der Waals surface area contributed by atoms with Crippen LogP contribution in [0.1, 0.15) is 53.4 Å². The fraction of sp³-hybridized carbons (Fsp3) is 0.923. The van der Waals surface area contributed by atoms with E-state index >= 15 is 0 Å². The van der Waals surface area contributed by atoms with Crippen molar-refractivity contribution in [2.75, 3.05) is 7.11 Å². The molecule has 0 aromatic rings. The molecule has 0 aliphatic heterocycles. The van der Waals surface area contributed by atoms with Crippen molar-refractivity contribution in [2.24, 2.45) is 10.8 Å². The van der Waals surface area contributed by atoms with Crippen LogP contribution < -0.4 is 0 Å². The van der Waals surface area contributed by atoms with Crippen LogP contribution in [-0.2, 0) is 9.53 Å². The molecular formula is C13H24O3. The van der Waals surface area contributed by atoms with E-state index in [0.717, 1.165) is 12.8 Å². The summed E-state index contributed by atoms with van der Waals surface area (Å²) >= 11 is 0. The molecule has 94 valence electrons. The van der Waals surface area contributed by atoms with Gasteiger partial charge in [-0.15, -0.1) is 0 Å². The van der Waals surface area contributed by atoms with Gasteiger partial charge in [-0.25, -0.2) is 0 Å². The van der Waals surface area contributed by atoms with Crippen LogP contribution in [0, 0.1) is 10.8 Å². The Kier molecular flexibility index (Phi) is 3.39. The average Bonchev–Trinajstić information content (AvgIpc) is 2.15. The SMILES string of the molecule is COC(=O)C1(C(C)(C)O)CCC(C)(C)CC1. The van der Waals surface area contributed by atoms with Gasteiger partial charge in [-0.05, 0) is 44.9 Å². The highest BCUT2D eigenvalue weighted by molar-refractivity contribution is 5.78. The van der Waals surface area contributed by atoms with E-state index in [-0.39, 0.29) is 11.4 Å². The molecule has 3 nitrogen and oxygen atoms in total. The number of hydrogen-bond acceptors (Lipinski definition) is 3. The third-order valence-electron chi connectivity index (χ3n) is 4.20. The Bertz CT molecular complexity index is 263. The van der Waals surface area contributed by atoms with Gasteiger partial charge >= 0.3 is 5.97 Å². The maximum absolute atomic E-state index is 12.0. The molecule has 0 bridgehead atoms. The first-order valence-electron chi connectivity index (χ1n) is 5.95. The van der Waals surface area contributed by atoms with E-state index in [1.54, 1.807) is 13.8 Å². The number of carbonyl (C=O) groups excluding carboxylic acids is 1. The summed E-state index contributed by atoms with van der Waals surface area (Å²) in [6.07, 6.45) is 3.31. The number of hydrogen-bond donors (Lipinski definition) is 1. The zero-order valence-corrected chi connectivity index (χ0v) is 11.1. The van der Waals surface area contributed by atoms with E-state index in [1.165, 1.54) is 7.11 Å². The summed E-state index contributed by atoms with van der Waals surface area (Å²) in [5.74, 6) is -0.268. The second kappa shape index (κ2) is 4.02. The van der Waals surface area contributed by atoms with Gasteiger partial charge in [-0.3, -0.25) is 4.79 Å². The van der Waals surface area contributed by atoms with Crippen LogP contribution in [0.15, 0.2) is 0 Å². The molecule has 0 spiro atoms. The molecule has 1 fully saturated rings. The molecular weight excluding hydrogens is 204 g/mol. The molecule has 1 rings (SSSR count). The van der Waals surface area contributed by atoms with Gasteiger partial charge in [0.1, 0.15) is 0 Å². The lowest BCUT2D eigenvalue weighted by atomic mass is 9.59. The first kappa shape index (κ1) is 13.5. The van der Waals surface area contributed by atoms with E-state index in [4.69, 9.17) is 4.74 Å². The van der Waals surface area contributed by atoms with Crippen molar-refractivity contribution in [2.45, 2.75) is 59.0 Å². The van der Waals surface area contributed by atoms with Crippen LogP contribution in [0.2, 0.25) is 0 Å². The van der Waals surface area contributed by atoms with E-state index in [2.05, 4.69) is 13.8 Å². The van der Waals surface area contributed by atoms with Gasteiger partial charge in [0, 0.05) is 0 Å². The molecule has 1 saturated carbocycles. The maximum atomic E-state index is 12.0. The van der Waals surface area contributed by atoms with E-state index < -0.39 is 11.0 Å². The van der Waals surface area contributed by atoms with E-state index in [1.807, 2.05) is 0 Å². The first-order valence-corrected chi connectivity index (χ1v) is 5.95. The number of carbonyl (C=O) groups is 1. The molecule has 0 heterocycles. The van der Waals surface area contributed by atoms with Crippen molar-refractivity contribution < 1.29 is 14.6 Å². The largest absolute Gasteiger partial charge is 0.469 e. The molecule has 0 unspecified atom stereocenters. The van der Waals surface area contributed by atoms with Gasteiger partial charge in [0.05, 0.1) is 18.1 Å². The highest BCUT2D eigenvalue weighted by Crippen LogP contribution is 2.51. The second-order valence-electron chi connectivity index (χ2n) is 6.30. The van der Waals surface area contributed by atoms with E-state index in [0.29, 0.717) is 12.8 Å². The standard InChI is InChI=1S/C13H24O3/c1-11(2)6-8-13(9-7-11,10(14)16-5)12(3,4)15/h15H,6-9H2,1-5H3. The monoisotopic (exact) mass is 228 g/mol. The highest BCUT2D eigenvalue weighted by atomic mass is 16.5. The number of ether oxygens (including phenoxy) is 1. The Morgan fingerprint density at radius 2 is 1.62 bits per heavy atom. The fourth-order valence-electron chi connectivity index (χ4n) is 2.61. The van der Waals surface area contributed by atoms with Gasteiger partial charge in [0.2, 0.25) is 0 Å². The molecule has 0 aromatic carbocycles. The van der Waals surface area contributed by atoms with Crippen molar-refractivity contribution in [1.82, 2.24) is 0 Å². The van der Waals surface area contributed by atoms with Crippen molar-refractivity contribution in [1.29, 1.82) is 0 Å². The predicted molar refractivity (Wildman–Crippen MR) is 63.0 cm³/mol. The van der Waals surface area contributed by atoms with Crippen LogP contribution in [0.4, 0.5) is 0 Å². The Balaban J connectivity index is 2.97. The summed E-state index contributed by atoms with van der Waals surface area (Å²) in [7, 11) is 1.40. The summed E-state index contributed by atoms with van der Waals surface area (Å²) in [5.41, 5.74) is -1.48. The molecule has 0 atom stereocenters. The topological polar surface area (TPSA) is 46.5 Å². The van der Waals surface area contributed by atoms with Crippen LogP contribution in [0.5, 0.6) is 0 Å². The van der Waals surface area contributed by atoms with E-state index in [9.17, 15) is 9.90 Å². The normalized spacial score (nSPS) is 23.9. The summed E-state index contributed by atoms with van der Waals surface area (Å²) in [4.78, 5) is 12.0. The Morgan fingerprint density at radius 3 is 1.94 bits per heavy atom. The predicted octanol–water partition coefficient (Wildman–Crippen LogP) is 2.52. The number of esters is 1. The van der Waals surface area contributed by atoms with Gasteiger partial charge in [-0.1, -0.05) is 13.8 Å². The summed E-state index contributed by atoms with van der Waals surface area (Å²) < 4.78 is 4.89. The minimum absolute atomic E-state index is 0.267. The zero-order valence-electron chi connectivity index (χ0n) is 11.1. The molecule has 1 aliphatic rings. The lowest BCUT2D eigenvalue weighted by Gasteiger charge is -2.47. The molecule has 0 aromatic heterocycles. The van der Waals surface area contributed by atoms with Crippen LogP contribution in [0.3, 0.4) is 0 Å². The highest BCUT2D eigenvalue weighted by Gasteiger charge is 2.53. The van der Waals surface area contributed by atoms with Crippen molar-refractivity contribution in [3.63, 3.8) is 0 Å². The Labute approximate surface area is 98.2 Å². The second-order valence-corrected chi connectivity index (χ2v) is 6.30. The maximum Gasteiger partial charge on any atom is 0.314 e. The average molecular weight is 228 g/mol. The molecule has 3 heteroatoms. The van der Waals surface area contributed by atoms with Gasteiger partial charge in [-0.2, -0.15) is 0 Å². The molecule has 0 radical (unpaired) electrons. The number of methoxy groups -OCH3 is 1. The van der Waals surface area contributed by atoms with Gasteiger partial charge in [0.15, 0.2) is 0 Å². The lowest BCUT2D eigenvalue weighted by molar-refractivity contribution is -0.176. The van der Waals surface area contributed by atoms with Crippen LogP contribution in [0.25, 0.3) is 0 Å². The minimum atomic E-state index is -1.02. The fourth-order valence-corrected chi connectivity index (χ4v) is 2.61. The van der Waals surface area contributed by atoms with Gasteiger partial charge < -0.3 is 9.84 Å². The smallest absolute Gasteiger partial charge is 0.314 e. The van der Waals surface area contributed by atoms with Crippen LogP contribution in [-0.4, -0.2) is 23.8 Å². The molecule has 16 heavy (non-hydrogen) atoms. The first-order chi connectivity index (χ1) is 7.15.